The smallest absolute Gasteiger partial charge is 0.372 e. The number of halogens is 3. The standard InChI is InChI=1S/C15H22F3NO/c1-11(2)13-5-3-12(4-6-13)9-14(19)7-8-20-10-15(16,17)18/h3-6,11,14H,7-10,19H2,1-2H3. The molecule has 0 saturated carbocycles. The van der Waals surface area contributed by atoms with Gasteiger partial charge in [0.2, 0.25) is 0 Å². The third-order valence-corrected chi connectivity index (χ3v) is 3.04. The summed E-state index contributed by atoms with van der Waals surface area (Å²) in [6, 6.07) is 7.98. The van der Waals surface area contributed by atoms with Crippen LogP contribution in [0.3, 0.4) is 0 Å². The molecule has 2 N–H and O–H groups in total. The van der Waals surface area contributed by atoms with E-state index in [1.165, 1.54) is 5.56 Å². The van der Waals surface area contributed by atoms with Crippen molar-refractivity contribution >= 4 is 0 Å². The number of rotatable bonds is 7. The van der Waals surface area contributed by atoms with Gasteiger partial charge in [0, 0.05) is 12.6 Å². The van der Waals surface area contributed by atoms with Gasteiger partial charge in [-0.15, -0.1) is 0 Å². The molecule has 1 aromatic carbocycles. The van der Waals surface area contributed by atoms with E-state index in [0.717, 1.165) is 5.56 Å². The zero-order valence-electron chi connectivity index (χ0n) is 11.9. The van der Waals surface area contributed by atoms with Crippen LogP contribution in [-0.4, -0.2) is 25.4 Å². The Labute approximate surface area is 118 Å². The summed E-state index contributed by atoms with van der Waals surface area (Å²) in [4.78, 5) is 0. The Balaban J connectivity index is 2.30. The first-order chi connectivity index (χ1) is 9.28. The van der Waals surface area contributed by atoms with Gasteiger partial charge in [0.1, 0.15) is 6.61 Å². The maximum Gasteiger partial charge on any atom is 0.411 e. The van der Waals surface area contributed by atoms with Crippen molar-refractivity contribution in [1.29, 1.82) is 0 Å². The first-order valence-electron chi connectivity index (χ1n) is 6.77. The third-order valence-electron chi connectivity index (χ3n) is 3.04. The van der Waals surface area contributed by atoms with Crippen molar-refractivity contribution in [3.63, 3.8) is 0 Å². The van der Waals surface area contributed by atoms with Crippen molar-refractivity contribution in [2.24, 2.45) is 5.73 Å². The van der Waals surface area contributed by atoms with E-state index in [9.17, 15) is 13.2 Å². The highest BCUT2D eigenvalue weighted by Gasteiger charge is 2.27. The summed E-state index contributed by atoms with van der Waals surface area (Å²) in [5.74, 6) is 0.480. The molecule has 20 heavy (non-hydrogen) atoms. The van der Waals surface area contributed by atoms with Gasteiger partial charge in [-0.25, -0.2) is 0 Å². The fourth-order valence-corrected chi connectivity index (χ4v) is 1.87. The van der Waals surface area contributed by atoms with Crippen LogP contribution < -0.4 is 5.73 Å². The van der Waals surface area contributed by atoms with Crippen molar-refractivity contribution in [2.45, 2.75) is 44.8 Å². The molecule has 5 heteroatoms. The molecule has 0 aliphatic heterocycles. The van der Waals surface area contributed by atoms with Crippen molar-refractivity contribution in [3.8, 4) is 0 Å². The fraction of sp³-hybridized carbons (Fsp3) is 0.600. The summed E-state index contributed by atoms with van der Waals surface area (Å²) in [5, 5.41) is 0. The van der Waals surface area contributed by atoms with Crippen molar-refractivity contribution in [3.05, 3.63) is 35.4 Å². The Morgan fingerprint density at radius 3 is 2.25 bits per heavy atom. The summed E-state index contributed by atoms with van der Waals surface area (Å²) < 4.78 is 40.2. The van der Waals surface area contributed by atoms with Gasteiger partial charge >= 0.3 is 6.18 Å². The number of nitrogens with two attached hydrogens (primary N) is 1. The zero-order valence-corrected chi connectivity index (χ0v) is 11.9. The third kappa shape index (κ3) is 6.91. The van der Waals surface area contributed by atoms with E-state index in [2.05, 4.69) is 30.7 Å². The Hall–Kier alpha value is -1.07. The van der Waals surface area contributed by atoms with Gasteiger partial charge in [0.05, 0.1) is 0 Å². The van der Waals surface area contributed by atoms with Gasteiger partial charge < -0.3 is 10.5 Å². The number of hydrogen-bond donors (Lipinski definition) is 1. The van der Waals surface area contributed by atoms with E-state index in [1.807, 2.05) is 12.1 Å². The normalized spacial score (nSPS) is 13.8. The first-order valence-corrected chi connectivity index (χ1v) is 6.77. The molecule has 0 aromatic heterocycles. The van der Waals surface area contributed by atoms with E-state index in [0.29, 0.717) is 18.8 Å². The molecule has 0 spiro atoms. The summed E-state index contributed by atoms with van der Waals surface area (Å²) in [6.07, 6.45) is -3.20. The molecule has 2 nitrogen and oxygen atoms in total. The van der Waals surface area contributed by atoms with E-state index < -0.39 is 12.8 Å². The molecule has 114 valence electrons. The second-order valence-electron chi connectivity index (χ2n) is 5.32. The number of ether oxygens (including phenoxy) is 1. The molecule has 0 aliphatic rings. The van der Waals surface area contributed by atoms with Crippen LogP contribution in [0.2, 0.25) is 0 Å². The minimum Gasteiger partial charge on any atom is -0.372 e. The van der Waals surface area contributed by atoms with E-state index in [-0.39, 0.29) is 12.6 Å². The van der Waals surface area contributed by atoms with Crippen LogP contribution in [0.4, 0.5) is 13.2 Å². The number of alkyl halides is 3. The van der Waals surface area contributed by atoms with E-state index >= 15 is 0 Å². The molecular weight excluding hydrogens is 267 g/mol. The molecule has 0 fully saturated rings. The number of hydrogen-bond acceptors (Lipinski definition) is 2. The molecule has 1 atom stereocenters. The SMILES string of the molecule is CC(C)c1ccc(CC(N)CCOCC(F)(F)F)cc1. The lowest BCUT2D eigenvalue weighted by atomic mass is 9.98. The summed E-state index contributed by atoms with van der Waals surface area (Å²) in [7, 11) is 0. The largest absolute Gasteiger partial charge is 0.411 e. The Kier molecular flexibility index (Phi) is 6.49. The summed E-state index contributed by atoms with van der Waals surface area (Å²) >= 11 is 0. The topological polar surface area (TPSA) is 35.2 Å². The van der Waals surface area contributed by atoms with Crippen LogP contribution in [0.1, 0.15) is 37.3 Å². The predicted octanol–water partition coefficient (Wildman–Crippen LogP) is 3.65. The lowest BCUT2D eigenvalue weighted by Gasteiger charge is -2.13. The number of benzene rings is 1. The van der Waals surface area contributed by atoms with Gasteiger partial charge in [0.15, 0.2) is 0 Å². The maximum absolute atomic E-state index is 11.9. The summed E-state index contributed by atoms with van der Waals surface area (Å²) in [5.41, 5.74) is 8.25. The molecule has 0 amide bonds. The zero-order chi connectivity index (χ0) is 15.2. The second-order valence-corrected chi connectivity index (χ2v) is 5.32. The molecular formula is C15H22F3NO. The van der Waals surface area contributed by atoms with Crippen LogP contribution in [0.5, 0.6) is 0 Å². The fourth-order valence-electron chi connectivity index (χ4n) is 1.87. The Morgan fingerprint density at radius 1 is 1.15 bits per heavy atom. The van der Waals surface area contributed by atoms with Crippen molar-refractivity contribution in [2.75, 3.05) is 13.2 Å². The monoisotopic (exact) mass is 289 g/mol. The minimum atomic E-state index is -4.27. The average molecular weight is 289 g/mol. The molecule has 0 saturated heterocycles. The van der Waals surface area contributed by atoms with Gasteiger partial charge in [-0.05, 0) is 29.9 Å². The molecule has 1 rings (SSSR count). The van der Waals surface area contributed by atoms with Gasteiger partial charge in [-0.3, -0.25) is 0 Å². The minimum absolute atomic E-state index is 0.0325. The first kappa shape index (κ1) is 17.0. The maximum atomic E-state index is 11.9. The Morgan fingerprint density at radius 2 is 1.75 bits per heavy atom. The molecule has 1 unspecified atom stereocenters. The van der Waals surface area contributed by atoms with Crippen LogP contribution >= 0.6 is 0 Å². The molecule has 0 aliphatic carbocycles. The second kappa shape index (κ2) is 7.64. The van der Waals surface area contributed by atoms with E-state index in [1.54, 1.807) is 0 Å². The average Bonchev–Trinajstić information content (AvgIpc) is 2.34. The highest BCUT2D eigenvalue weighted by molar-refractivity contribution is 5.25. The van der Waals surface area contributed by atoms with Crippen LogP contribution in [0.25, 0.3) is 0 Å². The lowest BCUT2D eigenvalue weighted by molar-refractivity contribution is -0.174. The van der Waals surface area contributed by atoms with Gasteiger partial charge in [-0.1, -0.05) is 38.1 Å². The highest BCUT2D eigenvalue weighted by Crippen LogP contribution is 2.16. The van der Waals surface area contributed by atoms with Crippen LogP contribution in [-0.2, 0) is 11.2 Å². The highest BCUT2D eigenvalue weighted by atomic mass is 19.4. The lowest BCUT2D eigenvalue weighted by Crippen LogP contribution is -2.26. The molecule has 1 aromatic rings. The van der Waals surface area contributed by atoms with Crippen LogP contribution in [0, 0.1) is 0 Å². The molecule has 0 radical (unpaired) electrons. The van der Waals surface area contributed by atoms with Crippen LogP contribution in [0.15, 0.2) is 24.3 Å². The van der Waals surface area contributed by atoms with Crippen molar-refractivity contribution < 1.29 is 17.9 Å². The van der Waals surface area contributed by atoms with E-state index in [4.69, 9.17) is 5.73 Å². The summed E-state index contributed by atoms with van der Waals surface area (Å²) in [6.45, 7) is 3.07. The van der Waals surface area contributed by atoms with Crippen molar-refractivity contribution in [1.82, 2.24) is 0 Å². The van der Waals surface area contributed by atoms with Gasteiger partial charge in [-0.2, -0.15) is 13.2 Å². The predicted molar refractivity (Wildman–Crippen MR) is 73.7 cm³/mol. The molecule has 0 bridgehead atoms. The molecule has 0 heterocycles. The Bertz CT molecular complexity index is 387. The van der Waals surface area contributed by atoms with Gasteiger partial charge in [0.25, 0.3) is 0 Å². The quantitative estimate of drug-likeness (QED) is 0.778.